The van der Waals surface area contributed by atoms with Crippen molar-refractivity contribution in [1.82, 2.24) is 0 Å². The molecule has 0 aromatic heterocycles. The van der Waals surface area contributed by atoms with Gasteiger partial charge in [0.25, 0.3) is 0 Å². The molecule has 0 heterocycles. The highest BCUT2D eigenvalue weighted by Gasteiger charge is 2.07. The van der Waals surface area contributed by atoms with Crippen LogP contribution in [0, 0.1) is 11.3 Å². The molecule has 0 atom stereocenters. The summed E-state index contributed by atoms with van der Waals surface area (Å²) in [4.78, 5) is 0. The molecular formula is C19H18ClNO2. The smallest absolute Gasteiger partial charge is 0.161 e. The van der Waals surface area contributed by atoms with E-state index < -0.39 is 0 Å². The third-order valence-corrected chi connectivity index (χ3v) is 3.41. The Bertz CT molecular complexity index is 730. The Morgan fingerprint density at radius 3 is 2.30 bits per heavy atom. The van der Waals surface area contributed by atoms with Crippen LogP contribution in [0.5, 0.6) is 11.5 Å². The summed E-state index contributed by atoms with van der Waals surface area (Å²) in [7, 11) is 0. The van der Waals surface area contributed by atoms with E-state index in [9.17, 15) is 5.26 Å². The van der Waals surface area contributed by atoms with Crippen LogP contribution in [0.1, 0.15) is 25.0 Å². The second-order valence-electron chi connectivity index (χ2n) is 4.75. The van der Waals surface area contributed by atoms with Gasteiger partial charge >= 0.3 is 0 Å². The van der Waals surface area contributed by atoms with E-state index in [1.54, 1.807) is 12.1 Å². The first-order valence-electron chi connectivity index (χ1n) is 7.45. The summed E-state index contributed by atoms with van der Waals surface area (Å²) in [5.74, 6) is 1.38. The number of hydrogen-bond donors (Lipinski definition) is 0. The molecule has 0 unspecified atom stereocenters. The molecule has 0 saturated carbocycles. The van der Waals surface area contributed by atoms with Crippen molar-refractivity contribution in [1.29, 1.82) is 5.26 Å². The molecule has 0 aliphatic rings. The standard InChI is InChI=1S/C19H18ClNO2/c1-3-22-18-10-5-14(12-19(18)23-4-2)11-16(13-21)15-6-8-17(20)9-7-15/h5-12H,3-4H2,1-2H3/b16-11-. The zero-order valence-corrected chi connectivity index (χ0v) is 13.9. The van der Waals surface area contributed by atoms with Gasteiger partial charge in [-0.2, -0.15) is 5.26 Å². The summed E-state index contributed by atoms with van der Waals surface area (Å²) in [6, 6.07) is 15.1. The molecule has 0 amide bonds. The molecule has 2 aromatic carbocycles. The average molecular weight is 328 g/mol. The lowest BCUT2D eigenvalue weighted by Gasteiger charge is -2.11. The van der Waals surface area contributed by atoms with Crippen molar-refractivity contribution in [3.05, 3.63) is 58.6 Å². The molecular weight excluding hydrogens is 310 g/mol. The first kappa shape index (κ1) is 16.9. The Kier molecular flexibility index (Phi) is 6.08. The van der Waals surface area contributed by atoms with Gasteiger partial charge in [-0.15, -0.1) is 0 Å². The summed E-state index contributed by atoms with van der Waals surface area (Å²) < 4.78 is 11.2. The van der Waals surface area contributed by atoms with Gasteiger partial charge in [-0.3, -0.25) is 0 Å². The lowest BCUT2D eigenvalue weighted by Crippen LogP contribution is -1.98. The van der Waals surface area contributed by atoms with Crippen LogP contribution >= 0.6 is 11.6 Å². The SMILES string of the molecule is CCOc1ccc(/C=C(/C#N)c2ccc(Cl)cc2)cc1OCC. The van der Waals surface area contributed by atoms with Crippen LogP contribution in [0.4, 0.5) is 0 Å². The number of nitrogens with zero attached hydrogens (tertiary/aromatic N) is 1. The van der Waals surface area contributed by atoms with Gasteiger partial charge in [0.05, 0.1) is 24.9 Å². The van der Waals surface area contributed by atoms with Crippen molar-refractivity contribution < 1.29 is 9.47 Å². The van der Waals surface area contributed by atoms with Gasteiger partial charge in [0.1, 0.15) is 0 Å². The average Bonchev–Trinajstić information content (AvgIpc) is 2.56. The molecule has 2 rings (SSSR count). The van der Waals surface area contributed by atoms with E-state index in [0.717, 1.165) is 11.1 Å². The van der Waals surface area contributed by atoms with Crippen molar-refractivity contribution in [2.45, 2.75) is 13.8 Å². The quantitative estimate of drug-likeness (QED) is 0.541. The molecule has 0 N–H and O–H groups in total. The Morgan fingerprint density at radius 2 is 1.70 bits per heavy atom. The van der Waals surface area contributed by atoms with Crippen LogP contribution in [0.3, 0.4) is 0 Å². The van der Waals surface area contributed by atoms with Gasteiger partial charge in [-0.05, 0) is 55.3 Å². The number of hydrogen-bond acceptors (Lipinski definition) is 3. The fraction of sp³-hybridized carbons (Fsp3) is 0.211. The van der Waals surface area contributed by atoms with E-state index in [-0.39, 0.29) is 0 Å². The predicted molar refractivity (Wildman–Crippen MR) is 93.7 cm³/mol. The van der Waals surface area contributed by atoms with Crippen LogP contribution in [-0.2, 0) is 0 Å². The summed E-state index contributed by atoms with van der Waals surface area (Å²) >= 11 is 5.89. The second kappa shape index (κ2) is 8.26. The summed E-state index contributed by atoms with van der Waals surface area (Å²) in [6.07, 6.45) is 1.82. The van der Waals surface area contributed by atoms with Crippen LogP contribution in [-0.4, -0.2) is 13.2 Å². The molecule has 2 aromatic rings. The highest BCUT2D eigenvalue weighted by atomic mass is 35.5. The van der Waals surface area contributed by atoms with Gasteiger partial charge in [-0.25, -0.2) is 0 Å². The van der Waals surface area contributed by atoms with Crippen molar-refractivity contribution >= 4 is 23.3 Å². The van der Waals surface area contributed by atoms with Gasteiger partial charge in [0, 0.05) is 5.02 Å². The van der Waals surface area contributed by atoms with Gasteiger partial charge in [-0.1, -0.05) is 29.8 Å². The molecule has 0 aliphatic carbocycles. The summed E-state index contributed by atoms with van der Waals surface area (Å²) in [5.41, 5.74) is 2.26. The predicted octanol–water partition coefficient (Wildman–Crippen LogP) is 5.20. The van der Waals surface area contributed by atoms with Crippen LogP contribution < -0.4 is 9.47 Å². The van der Waals surface area contributed by atoms with Gasteiger partial charge in [0.2, 0.25) is 0 Å². The maximum Gasteiger partial charge on any atom is 0.161 e. The molecule has 0 spiro atoms. The third-order valence-electron chi connectivity index (χ3n) is 3.15. The van der Waals surface area contributed by atoms with Crippen molar-refractivity contribution in [2.75, 3.05) is 13.2 Å². The number of halogens is 1. The van der Waals surface area contributed by atoms with Crippen LogP contribution in [0.15, 0.2) is 42.5 Å². The van der Waals surface area contributed by atoms with Gasteiger partial charge < -0.3 is 9.47 Å². The minimum atomic E-state index is 0.551. The molecule has 118 valence electrons. The summed E-state index contributed by atoms with van der Waals surface area (Å²) in [5, 5.41) is 10.1. The Balaban J connectivity index is 2.37. The number of rotatable bonds is 6. The first-order valence-corrected chi connectivity index (χ1v) is 7.83. The van der Waals surface area contributed by atoms with Crippen LogP contribution in [0.2, 0.25) is 5.02 Å². The highest BCUT2D eigenvalue weighted by molar-refractivity contribution is 6.30. The van der Waals surface area contributed by atoms with E-state index in [1.165, 1.54) is 0 Å². The van der Waals surface area contributed by atoms with Crippen molar-refractivity contribution in [3.63, 3.8) is 0 Å². The zero-order chi connectivity index (χ0) is 16.7. The van der Waals surface area contributed by atoms with Crippen molar-refractivity contribution in [2.24, 2.45) is 0 Å². The fourth-order valence-electron chi connectivity index (χ4n) is 2.13. The Morgan fingerprint density at radius 1 is 1.04 bits per heavy atom. The highest BCUT2D eigenvalue weighted by Crippen LogP contribution is 2.30. The fourth-order valence-corrected chi connectivity index (χ4v) is 2.26. The number of allylic oxidation sites excluding steroid dienone is 1. The minimum Gasteiger partial charge on any atom is -0.490 e. The molecule has 0 bridgehead atoms. The normalized spacial score (nSPS) is 11.0. The minimum absolute atomic E-state index is 0.551. The van der Waals surface area contributed by atoms with E-state index in [2.05, 4.69) is 6.07 Å². The lowest BCUT2D eigenvalue weighted by atomic mass is 10.0. The first-order chi connectivity index (χ1) is 11.2. The molecule has 23 heavy (non-hydrogen) atoms. The molecule has 0 radical (unpaired) electrons. The van der Waals surface area contributed by atoms with E-state index in [1.807, 2.05) is 50.3 Å². The maximum absolute atomic E-state index is 9.41. The molecule has 0 aliphatic heterocycles. The second-order valence-corrected chi connectivity index (χ2v) is 5.19. The van der Waals surface area contributed by atoms with Crippen molar-refractivity contribution in [3.8, 4) is 17.6 Å². The van der Waals surface area contributed by atoms with E-state index in [0.29, 0.717) is 35.3 Å². The topological polar surface area (TPSA) is 42.2 Å². The monoisotopic (exact) mass is 327 g/mol. The molecule has 3 nitrogen and oxygen atoms in total. The Labute approximate surface area is 141 Å². The molecule has 0 saturated heterocycles. The van der Waals surface area contributed by atoms with Crippen LogP contribution in [0.25, 0.3) is 11.6 Å². The van der Waals surface area contributed by atoms with Gasteiger partial charge in [0.15, 0.2) is 11.5 Å². The lowest BCUT2D eigenvalue weighted by molar-refractivity contribution is 0.287. The van der Waals surface area contributed by atoms with E-state index in [4.69, 9.17) is 21.1 Å². The number of nitriles is 1. The molecule has 0 fully saturated rings. The number of ether oxygens (including phenoxy) is 2. The molecule has 4 heteroatoms. The third kappa shape index (κ3) is 4.51. The Hall–Kier alpha value is -2.44. The van der Waals surface area contributed by atoms with E-state index >= 15 is 0 Å². The maximum atomic E-state index is 9.41. The summed E-state index contributed by atoms with van der Waals surface area (Å²) in [6.45, 7) is 4.98. The zero-order valence-electron chi connectivity index (χ0n) is 13.2. The number of benzene rings is 2. The largest absolute Gasteiger partial charge is 0.490 e.